The SMILES string of the molecule is [C-]#[N+]c1c(CCc2ccc(C(=O)OCC)cc2)coc1C. The molecule has 21 heavy (non-hydrogen) atoms. The second kappa shape index (κ2) is 6.76. The summed E-state index contributed by atoms with van der Waals surface area (Å²) in [5.74, 6) is 0.363. The highest BCUT2D eigenvalue weighted by Gasteiger charge is 2.10. The van der Waals surface area contributed by atoms with E-state index in [2.05, 4.69) is 4.85 Å². The number of esters is 1. The third kappa shape index (κ3) is 3.51. The van der Waals surface area contributed by atoms with Crippen LogP contribution in [0.15, 0.2) is 34.9 Å². The fraction of sp³-hybridized carbons (Fsp3) is 0.294. The zero-order chi connectivity index (χ0) is 15.2. The number of benzene rings is 1. The van der Waals surface area contributed by atoms with E-state index in [-0.39, 0.29) is 5.97 Å². The van der Waals surface area contributed by atoms with Gasteiger partial charge in [0, 0.05) is 0 Å². The number of hydrogen-bond donors (Lipinski definition) is 0. The number of hydrogen-bond acceptors (Lipinski definition) is 3. The highest BCUT2D eigenvalue weighted by molar-refractivity contribution is 5.89. The molecule has 1 aromatic carbocycles. The van der Waals surface area contributed by atoms with Gasteiger partial charge >= 0.3 is 5.97 Å². The first-order chi connectivity index (χ1) is 10.2. The minimum Gasteiger partial charge on any atom is -0.482 e. The smallest absolute Gasteiger partial charge is 0.338 e. The molecule has 0 atom stereocenters. The Labute approximate surface area is 124 Å². The van der Waals surface area contributed by atoms with Crippen LogP contribution in [0.1, 0.15) is 34.2 Å². The minimum atomic E-state index is -0.301. The summed E-state index contributed by atoms with van der Waals surface area (Å²) in [6.07, 6.45) is 3.19. The maximum atomic E-state index is 11.6. The quantitative estimate of drug-likeness (QED) is 0.613. The van der Waals surface area contributed by atoms with Crippen LogP contribution in [-0.4, -0.2) is 12.6 Å². The van der Waals surface area contributed by atoms with Crippen molar-refractivity contribution in [3.63, 3.8) is 0 Å². The third-order valence-corrected chi connectivity index (χ3v) is 3.28. The fourth-order valence-corrected chi connectivity index (χ4v) is 2.13. The lowest BCUT2D eigenvalue weighted by molar-refractivity contribution is 0.0526. The van der Waals surface area contributed by atoms with Gasteiger partial charge in [-0.1, -0.05) is 12.1 Å². The minimum absolute atomic E-state index is 0.301. The molecule has 0 radical (unpaired) electrons. The van der Waals surface area contributed by atoms with E-state index >= 15 is 0 Å². The zero-order valence-electron chi connectivity index (χ0n) is 12.2. The van der Waals surface area contributed by atoms with Crippen LogP contribution in [0.3, 0.4) is 0 Å². The van der Waals surface area contributed by atoms with Crippen molar-refractivity contribution in [1.29, 1.82) is 0 Å². The van der Waals surface area contributed by atoms with Gasteiger partial charge in [-0.15, -0.1) is 0 Å². The molecule has 0 bridgehead atoms. The van der Waals surface area contributed by atoms with Gasteiger partial charge in [0.15, 0.2) is 0 Å². The topological polar surface area (TPSA) is 43.8 Å². The Morgan fingerprint density at radius 3 is 2.62 bits per heavy atom. The molecule has 0 fully saturated rings. The number of aryl methyl sites for hydroxylation is 3. The molecule has 2 aromatic rings. The molecule has 0 aliphatic heterocycles. The zero-order valence-corrected chi connectivity index (χ0v) is 12.2. The maximum Gasteiger partial charge on any atom is 0.338 e. The summed E-state index contributed by atoms with van der Waals surface area (Å²) in [6.45, 7) is 11.1. The molecule has 0 aliphatic carbocycles. The molecule has 0 N–H and O–H groups in total. The van der Waals surface area contributed by atoms with Crippen LogP contribution in [0.2, 0.25) is 0 Å². The molecule has 1 aromatic heterocycles. The number of carbonyl (C=O) groups excluding carboxylic acids is 1. The van der Waals surface area contributed by atoms with Crippen LogP contribution in [0.4, 0.5) is 5.69 Å². The second-order valence-corrected chi connectivity index (χ2v) is 4.69. The van der Waals surface area contributed by atoms with Crippen molar-refractivity contribution < 1.29 is 13.9 Å². The van der Waals surface area contributed by atoms with Crippen LogP contribution in [0.5, 0.6) is 0 Å². The first kappa shape index (κ1) is 14.9. The molecule has 0 saturated heterocycles. The summed E-state index contributed by atoms with van der Waals surface area (Å²) >= 11 is 0. The van der Waals surface area contributed by atoms with E-state index in [0.717, 1.165) is 24.0 Å². The lowest BCUT2D eigenvalue weighted by Crippen LogP contribution is -2.04. The van der Waals surface area contributed by atoms with Gasteiger partial charge in [-0.25, -0.2) is 9.64 Å². The predicted molar refractivity (Wildman–Crippen MR) is 79.5 cm³/mol. The number of rotatable bonds is 5. The van der Waals surface area contributed by atoms with Crippen LogP contribution in [-0.2, 0) is 17.6 Å². The van der Waals surface area contributed by atoms with Gasteiger partial charge in [0.1, 0.15) is 5.76 Å². The third-order valence-electron chi connectivity index (χ3n) is 3.28. The Morgan fingerprint density at radius 2 is 2.00 bits per heavy atom. The summed E-state index contributed by atoms with van der Waals surface area (Å²) in [5.41, 5.74) is 3.20. The molecular weight excluding hydrogens is 266 g/mol. The molecule has 0 saturated carbocycles. The molecule has 0 aliphatic rings. The lowest BCUT2D eigenvalue weighted by Gasteiger charge is -2.04. The molecule has 0 amide bonds. The molecule has 2 rings (SSSR count). The van der Waals surface area contributed by atoms with E-state index in [1.807, 2.05) is 12.1 Å². The molecular formula is C17H17NO3. The Bertz CT molecular complexity index is 662. The fourth-order valence-electron chi connectivity index (χ4n) is 2.13. The summed E-state index contributed by atoms with van der Waals surface area (Å²) in [4.78, 5) is 15.0. The normalized spacial score (nSPS) is 10.1. The summed E-state index contributed by atoms with van der Waals surface area (Å²) < 4.78 is 10.2. The maximum absolute atomic E-state index is 11.6. The van der Waals surface area contributed by atoms with E-state index in [1.54, 1.807) is 32.2 Å². The number of furan rings is 1. The Morgan fingerprint density at radius 1 is 1.29 bits per heavy atom. The Kier molecular flexibility index (Phi) is 4.78. The predicted octanol–water partition coefficient (Wildman–Crippen LogP) is 4.10. The van der Waals surface area contributed by atoms with Crippen molar-refractivity contribution in [2.75, 3.05) is 6.61 Å². The van der Waals surface area contributed by atoms with Crippen molar-refractivity contribution in [2.45, 2.75) is 26.7 Å². The molecule has 0 spiro atoms. The van der Waals surface area contributed by atoms with Gasteiger partial charge in [0.05, 0.1) is 25.0 Å². The average Bonchev–Trinajstić information content (AvgIpc) is 2.86. The lowest BCUT2D eigenvalue weighted by atomic mass is 10.0. The Hall–Kier alpha value is -2.54. The van der Waals surface area contributed by atoms with E-state index < -0.39 is 0 Å². The standard InChI is InChI=1S/C17H17NO3/c1-4-20-17(19)14-8-5-13(6-9-14)7-10-15-11-21-12(2)16(15)18-3/h5-6,8-9,11H,4,7,10H2,1-2H3. The number of carbonyl (C=O) groups is 1. The van der Waals surface area contributed by atoms with Crippen LogP contribution in [0.25, 0.3) is 4.85 Å². The average molecular weight is 283 g/mol. The molecule has 4 heteroatoms. The van der Waals surface area contributed by atoms with Crippen LogP contribution in [0, 0.1) is 13.5 Å². The van der Waals surface area contributed by atoms with Crippen molar-refractivity contribution in [3.8, 4) is 0 Å². The van der Waals surface area contributed by atoms with Gasteiger partial charge in [-0.2, -0.15) is 0 Å². The van der Waals surface area contributed by atoms with Crippen molar-refractivity contribution >= 4 is 11.7 Å². The molecule has 4 nitrogen and oxygen atoms in total. The second-order valence-electron chi connectivity index (χ2n) is 4.69. The first-order valence-electron chi connectivity index (χ1n) is 6.86. The number of ether oxygens (including phenoxy) is 1. The Balaban J connectivity index is 2.01. The summed E-state index contributed by atoms with van der Waals surface area (Å²) in [5, 5.41) is 0. The van der Waals surface area contributed by atoms with Crippen LogP contribution < -0.4 is 0 Å². The monoisotopic (exact) mass is 283 g/mol. The van der Waals surface area contributed by atoms with Gasteiger partial charge < -0.3 is 9.15 Å². The first-order valence-corrected chi connectivity index (χ1v) is 6.86. The highest BCUT2D eigenvalue weighted by Crippen LogP contribution is 2.27. The van der Waals surface area contributed by atoms with Crippen molar-refractivity contribution in [1.82, 2.24) is 0 Å². The van der Waals surface area contributed by atoms with E-state index in [9.17, 15) is 4.79 Å². The summed E-state index contributed by atoms with van der Waals surface area (Å²) in [7, 11) is 0. The molecule has 108 valence electrons. The van der Waals surface area contributed by atoms with E-state index in [0.29, 0.717) is 23.6 Å². The highest BCUT2D eigenvalue weighted by atomic mass is 16.5. The van der Waals surface area contributed by atoms with Gasteiger partial charge in [0.25, 0.3) is 0 Å². The van der Waals surface area contributed by atoms with Crippen molar-refractivity contribution in [2.24, 2.45) is 0 Å². The van der Waals surface area contributed by atoms with Gasteiger partial charge in [0.2, 0.25) is 5.69 Å². The van der Waals surface area contributed by atoms with Gasteiger partial charge in [-0.05, 0) is 49.9 Å². The van der Waals surface area contributed by atoms with Crippen molar-refractivity contribution in [3.05, 3.63) is 64.4 Å². The van der Waals surface area contributed by atoms with E-state index in [1.165, 1.54) is 0 Å². The van der Waals surface area contributed by atoms with Gasteiger partial charge in [-0.3, -0.25) is 0 Å². The van der Waals surface area contributed by atoms with Crippen LogP contribution >= 0.6 is 0 Å². The number of nitrogens with zero attached hydrogens (tertiary/aromatic N) is 1. The summed E-state index contributed by atoms with van der Waals surface area (Å²) in [6, 6.07) is 7.36. The molecule has 1 heterocycles. The largest absolute Gasteiger partial charge is 0.482 e. The molecule has 0 unspecified atom stereocenters. The van der Waals surface area contributed by atoms with E-state index in [4.69, 9.17) is 15.7 Å².